The van der Waals surface area contributed by atoms with Crippen LogP contribution in [-0.2, 0) is 14.4 Å². The van der Waals surface area contributed by atoms with Gasteiger partial charge in [0.1, 0.15) is 0 Å². The SMILES string of the molecule is O=C1CCC(c2ccc(N3CCC(C(=O)O)CC3)nn2)C(=O)N1. The topological polar surface area (TPSA) is 112 Å². The first-order valence-corrected chi connectivity index (χ1v) is 7.69. The molecule has 3 rings (SSSR count). The standard InChI is InChI=1S/C15H18N4O4/c20-13-4-1-10(14(21)16-13)11-2-3-12(18-17-11)19-7-5-9(6-8-19)15(22)23/h2-3,9-10H,1,4-8H2,(H,22,23)(H,16,20,21). The molecule has 0 spiro atoms. The Hall–Kier alpha value is -2.51. The van der Waals surface area contributed by atoms with E-state index in [2.05, 4.69) is 15.5 Å². The first-order valence-electron chi connectivity index (χ1n) is 7.69. The summed E-state index contributed by atoms with van der Waals surface area (Å²) in [6.07, 6.45) is 1.93. The van der Waals surface area contributed by atoms with Crippen molar-refractivity contribution in [3.8, 4) is 0 Å². The van der Waals surface area contributed by atoms with Gasteiger partial charge in [-0.2, -0.15) is 5.10 Å². The fraction of sp³-hybridized carbons (Fsp3) is 0.533. The van der Waals surface area contributed by atoms with Gasteiger partial charge >= 0.3 is 5.97 Å². The Morgan fingerprint density at radius 3 is 2.48 bits per heavy atom. The third-order valence-electron chi connectivity index (χ3n) is 4.44. The number of imide groups is 1. The van der Waals surface area contributed by atoms with E-state index in [1.165, 1.54) is 0 Å². The van der Waals surface area contributed by atoms with E-state index in [0.29, 0.717) is 50.3 Å². The normalized spacial score (nSPS) is 22.8. The Morgan fingerprint density at radius 1 is 1.17 bits per heavy atom. The second-order valence-electron chi connectivity index (χ2n) is 5.92. The number of carbonyl (C=O) groups excluding carboxylic acids is 2. The molecule has 0 aliphatic carbocycles. The van der Waals surface area contributed by atoms with Crippen LogP contribution in [0, 0.1) is 5.92 Å². The summed E-state index contributed by atoms with van der Waals surface area (Å²) in [5, 5.41) is 19.6. The molecule has 23 heavy (non-hydrogen) atoms. The molecule has 3 heterocycles. The number of nitrogens with zero attached hydrogens (tertiary/aromatic N) is 3. The molecule has 1 atom stereocenters. The molecule has 0 radical (unpaired) electrons. The van der Waals surface area contributed by atoms with E-state index < -0.39 is 11.9 Å². The van der Waals surface area contributed by atoms with E-state index in [9.17, 15) is 14.4 Å². The second-order valence-corrected chi connectivity index (χ2v) is 5.92. The van der Waals surface area contributed by atoms with Crippen molar-refractivity contribution >= 4 is 23.6 Å². The molecule has 0 saturated carbocycles. The van der Waals surface area contributed by atoms with Crippen LogP contribution in [0.2, 0.25) is 0 Å². The van der Waals surface area contributed by atoms with Crippen molar-refractivity contribution in [2.45, 2.75) is 31.6 Å². The summed E-state index contributed by atoms with van der Waals surface area (Å²) in [5.74, 6) is -1.37. The van der Waals surface area contributed by atoms with Gasteiger partial charge in [-0.25, -0.2) is 0 Å². The van der Waals surface area contributed by atoms with Crippen LogP contribution in [0.3, 0.4) is 0 Å². The molecule has 1 unspecified atom stereocenters. The van der Waals surface area contributed by atoms with Crippen molar-refractivity contribution in [3.05, 3.63) is 17.8 Å². The lowest BCUT2D eigenvalue weighted by molar-refractivity contribution is -0.142. The number of aliphatic carboxylic acids is 1. The molecular weight excluding hydrogens is 300 g/mol. The van der Waals surface area contributed by atoms with Crippen molar-refractivity contribution in [1.29, 1.82) is 0 Å². The molecule has 2 amide bonds. The van der Waals surface area contributed by atoms with E-state index in [1.807, 2.05) is 4.90 Å². The van der Waals surface area contributed by atoms with E-state index in [1.54, 1.807) is 12.1 Å². The van der Waals surface area contributed by atoms with Gasteiger partial charge in [0.05, 0.1) is 17.5 Å². The molecule has 2 N–H and O–H groups in total. The lowest BCUT2D eigenvalue weighted by Gasteiger charge is -2.30. The molecule has 2 aliphatic heterocycles. The average molecular weight is 318 g/mol. The van der Waals surface area contributed by atoms with Gasteiger partial charge in [0.25, 0.3) is 0 Å². The maximum absolute atomic E-state index is 11.8. The summed E-state index contributed by atoms with van der Waals surface area (Å²) in [7, 11) is 0. The van der Waals surface area contributed by atoms with Crippen LogP contribution in [0.1, 0.15) is 37.3 Å². The van der Waals surface area contributed by atoms with Crippen LogP contribution in [0.5, 0.6) is 0 Å². The van der Waals surface area contributed by atoms with Crippen LogP contribution < -0.4 is 10.2 Å². The van der Waals surface area contributed by atoms with E-state index >= 15 is 0 Å². The predicted molar refractivity (Wildman–Crippen MR) is 79.7 cm³/mol. The number of piperidine rings is 2. The Labute approximate surface area is 132 Å². The van der Waals surface area contributed by atoms with E-state index in [4.69, 9.17) is 5.11 Å². The number of aromatic nitrogens is 2. The summed E-state index contributed by atoms with van der Waals surface area (Å²) in [6, 6.07) is 3.55. The highest BCUT2D eigenvalue weighted by Crippen LogP contribution is 2.25. The van der Waals surface area contributed by atoms with Gasteiger partial charge in [-0.3, -0.25) is 19.7 Å². The molecular formula is C15H18N4O4. The Balaban J connectivity index is 1.65. The van der Waals surface area contributed by atoms with Crippen molar-refractivity contribution in [1.82, 2.24) is 15.5 Å². The quantitative estimate of drug-likeness (QED) is 0.771. The molecule has 2 aliphatic rings. The predicted octanol–water partition coefficient (Wildman–Crippen LogP) is 0.298. The highest BCUT2D eigenvalue weighted by Gasteiger charge is 2.30. The number of hydrogen-bond donors (Lipinski definition) is 2. The molecule has 122 valence electrons. The zero-order valence-electron chi connectivity index (χ0n) is 12.6. The summed E-state index contributed by atoms with van der Waals surface area (Å²) in [6.45, 7) is 1.26. The van der Waals surface area contributed by atoms with Crippen LogP contribution in [0.25, 0.3) is 0 Å². The molecule has 8 nitrogen and oxygen atoms in total. The van der Waals surface area contributed by atoms with Crippen molar-refractivity contribution in [2.75, 3.05) is 18.0 Å². The Morgan fingerprint density at radius 2 is 1.91 bits per heavy atom. The highest BCUT2D eigenvalue weighted by molar-refractivity contribution is 6.00. The van der Waals surface area contributed by atoms with Gasteiger partial charge in [-0.15, -0.1) is 5.10 Å². The molecule has 0 bridgehead atoms. The summed E-state index contributed by atoms with van der Waals surface area (Å²) >= 11 is 0. The maximum Gasteiger partial charge on any atom is 0.306 e. The summed E-state index contributed by atoms with van der Waals surface area (Å²) in [5.41, 5.74) is 0.555. The highest BCUT2D eigenvalue weighted by atomic mass is 16.4. The zero-order chi connectivity index (χ0) is 16.4. The van der Waals surface area contributed by atoms with Crippen molar-refractivity contribution in [3.63, 3.8) is 0 Å². The first-order chi connectivity index (χ1) is 11.0. The van der Waals surface area contributed by atoms with E-state index in [0.717, 1.165) is 0 Å². The van der Waals surface area contributed by atoms with Gasteiger partial charge in [0.15, 0.2) is 5.82 Å². The average Bonchev–Trinajstić information content (AvgIpc) is 2.55. The molecule has 2 saturated heterocycles. The molecule has 8 heteroatoms. The monoisotopic (exact) mass is 318 g/mol. The largest absolute Gasteiger partial charge is 0.481 e. The number of carbonyl (C=O) groups is 3. The summed E-state index contributed by atoms with van der Waals surface area (Å²) < 4.78 is 0. The fourth-order valence-corrected chi connectivity index (χ4v) is 3.02. The number of amides is 2. The second kappa shape index (κ2) is 6.31. The van der Waals surface area contributed by atoms with Crippen molar-refractivity contribution < 1.29 is 19.5 Å². The third-order valence-corrected chi connectivity index (χ3v) is 4.44. The number of anilines is 1. The lowest BCUT2D eigenvalue weighted by atomic mass is 9.94. The smallest absolute Gasteiger partial charge is 0.306 e. The number of carboxylic acid groups (broad SMARTS) is 1. The number of carboxylic acids is 1. The van der Waals surface area contributed by atoms with E-state index in [-0.39, 0.29) is 17.7 Å². The van der Waals surface area contributed by atoms with Crippen LogP contribution in [0.4, 0.5) is 5.82 Å². The summed E-state index contributed by atoms with van der Waals surface area (Å²) in [4.78, 5) is 36.0. The molecule has 0 aromatic carbocycles. The van der Waals surface area contributed by atoms with Crippen molar-refractivity contribution in [2.24, 2.45) is 5.92 Å². The van der Waals surface area contributed by atoms with Crippen LogP contribution in [0.15, 0.2) is 12.1 Å². The minimum Gasteiger partial charge on any atom is -0.481 e. The Bertz CT molecular complexity index is 623. The number of rotatable bonds is 3. The van der Waals surface area contributed by atoms with Gasteiger partial charge in [0.2, 0.25) is 11.8 Å². The molecule has 2 fully saturated rings. The minimum absolute atomic E-state index is 0.253. The third kappa shape index (κ3) is 3.30. The molecule has 1 aromatic heterocycles. The van der Waals surface area contributed by atoms with Crippen LogP contribution >= 0.6 is 0 Å². The number of hydrogen-bond acceptors (Lipinski definition) is 6. The zero-order valence-corrected chi connectivity index (χ0v) is 12.6. The lowest BCUT2D eigenvalue weighted by Crippen LogP contribution is -2.40. The van der Waals surface area contributed by atoms with Crippen LogP contribution in [-0.4, -0.2) is 46.2 Å². The van der Waals surface area contributed by atoms with Gasteiger partial charge in [-0.05, 0) is 31.4 Å². The van der Waals surface area contributed by atoms with Gasteiger partial charge in [-0.1, -0.05) is 0 Å². The van der Waals surface area contributed by atoms with Gasteiger partial charge in [0, 0.05) is 19.5 Å². The Kier molecular flexibility index (Phi) is 4.22. The fourth-order valence-electron chi connectivity index (χ4n) is 3.02. The van der Waals surface area contributed by atoms with Gasteiger partial charge < -0.3 is 10.0 Å². The maximum atomic E-state index is 11.8. The minimum atomic E-state index is -0.746. The number of nitrogens with one attached hydrogen (secondary N) is 1. The first kappa shape index (κ1) is 15.4. The molecule has 1 aromatic rings.